The van der Waals surface area contributed by atoms with Gasteiger partial charge in [0.15, 0.2) is 0 Å². The molecule has 0 aliphatic rings. The van der Waals surface area contributed by atoms with Crippen molar-refractivity contribution in [2.45, 2.75) is 33.2 Å². The number of pyridine rings is 1. The van der Waals surface area contributed by atoms with Crippen molar-refractivity contribution in [3.63, 3.8) is 0 Å². The quantitative estimate of drug-likeness (QED) is 0.755. The first-order chi connectivity index (χ1) is 7.17. The fourth-order valence-electron chi connectivity index (χ4n) is 1.66. The molecule has 0 N–H and O–H groups in total. The molecule has 0 aliphatic heterocycles. The van der Waals surface area contributed by atoms with Crippen LogP contribution in [0, 0.1) is 5.41 Å². The first-order valence-corrected chi connectivity index (χ1v) is 6.51. The summed E-state index contributed by atoms with van der Waals surface area (Å²) in [5.41, 5.74) is 0.287. The van der Waals surface area contributed by atoms with Gasteiger partial charge >= 0.3 is 0 Å². The highest BCUT2D eigenvalue weighted by atomic mass is 79.9. The van der Waals surface area contributed by atoms with Crippen LogP contribution >= 0.6 is 15.9 Å². The lowest BCUT2D eigenvalue weighted by Gasteiger charge is -2.30. The summed E-state index contributed by atoms with van der Waals surface area (Å²) in [7, 11) is 0. The number of nitrogens with zero attached hydrogens (tertiary/aromatic N) is 1. The molecule has 1 aromatic heterocycles. The maximum atomic E-state index is 11.6. The van der Waals surface area contributed by atoms with Gasteiger partial charge in [-0.05, 0) is 24.3 Å². The molecule has 0 aromatic carbocycles. The Labute approximate surface area is 99.4 Å². The molecule has 0 fully saturated rings. The highest BCUT2D eigenvalue weighted by Crippen LogP contribution is 2.30. The van der Waals surface area contributed by atoms with Crippen LogP contribution in [0.15, 0.2) is 29.2 Å². The molecule has 0 saturated carbocycles. The average molecular weight is 272 g/mol. The third-order valence-electron chi connectivity index (χ3n) is 3.19. The first kappa shape index (κ1) is 12.5. The number of halogens is 1. The van der Waals surface area contributed by atoms with E-state index in [-0.39, 0.29) is 11.0 Å². The molecule has 0 aliphatic carbocycles. The van der Waals surface area contributed by atoms with E-state index in [0.29, 0.717) is 0 Å². The Bertz CT molecular complexity index is 346. The van der Waals surface area contributed by atoms with Gasteiger partial charge in [0.2, 0.25) is 0 Å². The third-order valence-corrected chi connectivity index (χ3v) is 4.38. The fourth-order valence-corrected chi connectivity index (χ4v) is 2.63. The second-order valence-electron chi connectivity index (χ2n) is 4.01. The molecule has 0 saturated heterocycles. The van der Waals surface area contributed by atoms with Crippen LogP contribution in [0.3, 0.4) is 0 Å². The Morgan fingerprint density at radius 2 is 2.00 bits per heavy atom. The zero-order chi connectivity index (χ0) is 11.3. The molecule has 0 amide bonds. The Morgan fingerprint density at radius 1 is 1.33 bits per heavy atom. The number of hydrogen-bond acceptors (Lipinski definition) is 1. The summed E-state index contributed by atoms with van der Waals surface area (Å²) in [6.07, 6.45) is 4.03. The first-order valence-electron chi connectivity index (χ1n) is 5.39. The molecule has 0 radical (unpaired) electrons. The van der Waals surface area contributed by atoms with Gasteiger partial charge in [0.25, 0.3) is 5.56 Å². The lowest BCUT2D eigenvalue weighted by molar-refractivity contribution is 0.256. The van der Waals surface area contributed by atoms with Crippen LogP contribution in [0.2, 0.25) is 0 Å². The summed E-state index contributed by atoms with van der Waals surface area (Å²) in [5, 5.41) is 0.939. The van der Waals surface area contributed by atoms with Crippen LogP contribution in [0.1, 0.15) is 26.7 Å². The normalized spacial score (nSPS) is 11.7. The van der Waals surface area contributed by atoms with Crippen molar-refractivity contribution in [2.75, 3.05) is 5.33 Å². The summed E-state index contributed by atoms with van der Waals surface area (Å²) in [6.45, 7) is 5.16. The molecule has 1 aromatic rings. The van der Waals surface area contributed by atoms with E-state index in [2.05, 4.69) is 29.8 Å². The van der Waals surface area contributed by atoms with E-state index in [1.54, 1.807) is 16.7 Å². The van der Waals surface area contributed by atoms with Crippen molar-refractivity contribution in [1.82, 2.24) is 4.57 Å². The standard InChI is InChI=1S/C12H18BrNO/c1-3-12(4-2,9-13)10-14-8-6-5-7-11(14)15/h5-8H,3-4,9-10H2,1-2H3. The van der Waals surface area contributed by atoms with E-state index >= 15 is 0 Å². The molecule has 2 nitrogen and oxygen atoms in total. The zero-order valence-corrected chi connectivity index (χ0v) is 11.0. The predicted octanol–water partition coefficient (Wildman–Crippen LogP) is 3.05. The minimum atomic E-state index is 0.0877. The van der Waals surface area contributed by atoms with Gasteiger partial charge in [-0.2, -0.15) is 0 Å². The summed E-state index contributed by atoms with van der Waals surface area (Å²) >= 11 is 3.56. The van der Waals surface area contributed by atoms with Gasteiger partial charge in [0.1, 0.15) is 0 Å². The fraction of sp³-hybridized carbons (Fsp3) is 0.583. The molecule has 15 heavy (non-hydrogen) atoms. The minimum absolute atomic E-state index is 0.0877. The van der Waals surface area contributed by atoms with E-state index < -0.39 is 0 Å². The molecule has 0 bridgehead atoms. The molecule has 1 rings (SSSR count). The molecule has 0 atom stereocenters. The van der Waals surface area contributed by atoms with Crippen LogP contribution in [0.25, 0.3) is 0 Å². The second-order valence-corrected chi connectivity index (χ2v) is 4.57. The Hall–Kier alpha value is -0.570. The third kappa shape index (κ3) is 2.94. The Balaban J connectivity index is 2.93. The van der Waals surface area contributed by atoms with Crippen molar-refractivity contribution >= 4 is 15.9 Å². The number of hydrogen-bond donors (Lipinski definition) is 0. The molecular weight excluding hydrogens is 254 g/mol. The summed E-state index contributed by atoms with van der Waals surface area (Å²) in [4.78, 5) is 11.6. The largest absolute Gasteiger partial charge is 0.315 e. The van der Waals surface area contributed by atoms with Crippen LogP contribution < -0.4 is 5.56 Å². The van der Waals surface area contributed by atoms with Gasteiger partial charge in [0, 0.05) is 24.1 Å². The van der Waals surface area contributed by atoms with E-state index in [4.69, 9.17) is 0 Å². The van der Waals surface area contributed by atoms with Gasteiger partial charge in [-0.15, -0.1) is 0 Å². The maximum absolute atomic E-state index is 11.6. The van der Waals surface area contributed by atoms with Gasteiger partial charge in [-0.1, -0.05) is 35.8 Å². The summed E-state index contributed by atoms with van der Waals surface area (Å²) in [5.74, 6) is 0. The zero-order valence-electron chi connectivity index (χ0n) is 9.37. The molecule has 1 heterocycles. The Morgan fingerprint density at radius 3 is 2.47 bits per heavy atom. The van der Waals surface area contributed by atoms with Crippen molar-refractivity contribution in [1.29, 1.82) is 0 Å². The van der Waals surface area contributed by atoms with Crippen LogP contribution in [-0.2, 0) is 6.54 Å². The van der Waals surface area contributed by atoms with Crippen LogP contribution in [0.5, 0.6) is 0 Å². The minimum Gasteiger partial charge on any atom is -0.315 e. The molecule has 0 unspecified atom stereocenters. The van der Waals surface area contributed by atoms with Crippen molar-refractivity contribution in [2.24, 2.45) is 5.41 Å². The van der Waals surface area contributed by atoms with Crippen molar-refractivity contribution in [3.05, 3.63) is 34.7 Å². The lowest BCUT2D eigenvalue weighted by atomic mass is 9.84. The van der Waals surface area contributed by atoms with Crippen LogP contribution in [-0.4, -0.2) is 9.90 Å². The average Bonchev–Trinajstić information content (AvgIpc) is 2.29. The molecule has 84 valence electrons. The van der Waals surface area contributed by atoms with Gasteiger partial charge in [-0.3, -0.25) is 4.79 Å². The SMILES string of the molecule is CCC(CC)(CBr)Cn1ccccc1=O. The lowest BCUT2D eigenvalue weighted by Crippen LogP contribution is -2.32. The Kier molecular flexibility index (Phi) is 4.58. The molecule has 3 heteroatoms. The highest BCUT2D eigenvalue weighted by molar-refractivity contribution is 9.09. The predicted molar refractivity (Wildman–Crippen MR) is 67.5 cm³/mol. The summed E-state index contributed by atoms with van der Waals surface area (Å²) in [6, 6.07) is 5.31. The van der Waals surface area contributed by atoms with E-state index in [1.165, 1.54) is 0 Å². The van der Waals surface area contributed by atoms with E-state index in [1.807, 2.05) is 12.3 Å². The second kappa shape index (κ2) is 5.50. The van der Waals surface area contributed by atoms with E-state index in [0.717, 1.165) is 24.7 Å². The van der Waals surface area contributed by atoms with Gasteiger partial charge in [-0.25, -0.2) is 0 Å². The highest BCUT2D eigenvalue weighted by Gasteiger charge is 2.25. The van der Waals surface area contributed by atoms with Crippen LogP contribution in [0.4, 0.5) is 0 Å². The topological polar surface area (TPSA) is 22.0 Å². The van der Waals surface area contributed by atoms with Crippen molar-refractivity contribution < 1.29 is 0 Å². The van der Waals surface area contributed by atoms with Gasteiger partial charge in [0.05, 0.1) is 0 Å². The molecule has 0 spiro atoms. The smallest absolute Gasteiger partial charge is 0.250 e. The number of rotatable bonds is 5. The summed E-state index contributed by atoms with van der Waals surface area (Å²) < 4.78 is 1.80. The van der Waals surface area contributed by atoms with Crippen molar-refractivity contribution in [3.8, 4) is 0 Å². The maximum Gasteiger partial charge on any atom is 0.250 e. The van der Waals surface area contributed by atoms with Gasteiger partial charge < -0.3 is 4.57 Å². The van der Waals surface area contributed by atoms with E-state index in [9.17, 15) is 4.79 Å². The monoisotopic (exact) mass is 271 g/mol. The number of alkyl halides is 1. The number of aromatic nitrogens is 1. The molecular formula is C12H18BrNO.